The molecule has 1 fully saturated rings. The molecule has 1 heterocycles. The SMILES string of the molecule is COc1cccc(Nc2ncc(Cl)c(C(=O)NC3CCC(NS(=O)(=O)C(C)C)CC3)n2)c1. The van der Waals surface area contributed by atoms with Crippen LogP contribution in [0.1, 0.15) is 50.0 Å². The van der Waals surface area contributed by atoms with Gasteiger partial charge < -0.3 is 15.4 Å². The van der Waals surface area contributed by atoms with Crippen molar-refractivity contribution in [3.63, 3.8) is 0 Å². The van der Waals surface area contributed by atoms with Gasteiger partial charge in [-0.15, -0.1) is 0 Å². The molecule has 0 unspecified atom stereocenters. The topological polar surface area (TPSA) is 122 Å². The third-order valence-electron chi connectivity index (χ3n) is 5.30. The number of sulfonamides is 1. The van der Waals surface area contributed by atoms with Crippen LogP contribution in [-0.2, 0) is 10.0 Å². The molecule has 0 aliphatic heterocycles. The van der Waals surface area contributed by atoms with Gasteiger partial charge in [0.15, 0.2) is 5.69 Å². The Balaban J connectivity index is 1.60. The van der Waals surface area contributed by atoms with Crippen molar-refractivity contribution in [1.82, 2.24) is 20.0 Å². The summed E-state index contributed by atoms with van der Waals surface area (Å²) < 4.78 is 32.1. The Bertz CT molecular complexity index is 1060. The van der Waals surface area contributed by atoms with Crippen molar-refractivity contribution in [2.75, 3.05) is 12.4 Å². The fraction of sp³-hybridized carbons (Fsp3) is 0.476. The van der Waals surface area contributed by atoms with Crippen molar-refractivity contribution in [1.29, 1.82) is 0 Å². The molecule has 11 heteroatoms. The summed E-state index contributed by atoms with van der Waals surface area (Å²) in [5.41, 5.74) is 0.787. The highest BCUT2D eigenvalue weighted by molar-refractivity contribution is 7.90. The van der Waals surface area contributed by atoms with Gasteiger partial charge in [-0.05, 0) is 51.7 Å². The van der Waals surface area contributed by atoms with Gasteiger partial charge in [-0.25, -0.2) is 23.1 Å². The molecule has 0 bridgehead atoms. The van der Waals surface area contributed by atoms with Crippen molar-refractivity contribution in [2.45, 2.75) is 56.9 Å². The van der Waals surface area contributed by atoms with Gasteiger partial charge >= 0.3 is 0 Å². The van der Waals surface area contributed by atoms with Crippen molar-refractivity contribution in [3.8, 4) is 5.75 Å². The minimum atomic E-state index is -3.31. The number of aromatic nitrogens is 2. The number of hydrogen-bond acceptors (Lipinski definition) is 7. The summed E-state index contributed by atoms with van der Waals surface area (Å²) in [5.74, 6) is 0.519. The van der Waals surface area contributed by atoms with E-state index in [4.69, 9.17) is 16.3 Å². The first-order valence-corrected chi connectivity index (χ1v) is 12.4. The number of nitrogens with zero attached hydrogens (tertiary/aromatic N) is 2. The van der Waals surface area contributed by atoms with E-state index in [-0.39, 0.29) is 28.7 Å². The molecule has 3 rings (SSSR count). The molecule has 9 nitrogen and oxygen atoms in total. The molecule has 1 aromatic heterocycles. The third kappa shape index (κ3) is 6.30. The number of benzene rings is 1. The highest BCUT2D eigenvalue weighted by Gasteiger charge is 2.28. The van der Waals surface area contributed by atoms with E-state index in [2.05, 4.69) is 25.3 Å². The molecule has 0 spiro atoms. The Morgan fingerprint density at radius 2 is 1.88 bits per heavy atom. The van der Waals surface area contributed by atoms with E-state index in [1.54, 1.807) is 27.0 Å². The molecule has 0 atom stereocenters. The van der Waals surface area contributed by atoms with Crippen LogP contribution in [0.15, 0.2) is 30.5 Å². The fourth-order valence-electron chi connectivity index (χ4n) is 3.39. The molecule has 1 aliphatic carbocycles. The number of hydrogen-bond donors (Lipinski definition) is 3. The predicted molar refractivity (Wildman–Crippen MR) is 124 cm³/mol. The molecular weight excluding hydrogens is 454 g/mol. The van der Waals surface area contributed by atoms with Crippen molar-refractivity contribution in [3.05, 3.63) is 41.2 Å². The van der Waals surface area contributed by atoms with Gasteiger partial charge in [0.1, 0.15) is 5.75 Å². The largest absolute Gasteiger partial charge is 0.497 e. The Morgan fingerprint density at radius 1 is 1.19 bits per heavy atom. The molecule has 32 heavy (non-hydrogen) atoms. The summed E-state index contributed by atoms with van der Waals surface area (Å²) in [4.78, 5) is 21.2. The standard InChI is InChI=1S/C21H28ClN5O4S/c1-13(2)32(29,30)27-15-9-7-14(8-10-15)24-20(28)19-18(22)12-23-21(26-19)25-16-5-4-6-17(11-16)31-3/h4-6,11-15,27H,7-10H2,1-3H3,(H,24,28)(H,23,25,26). The van der Waals surface area contributed by atoms with Gasteiger partial charge in [0.25, 0.3) is 5.91 Å². The second-order valence-corrected chi connectivity index (χ2v) is 10.7. The summed E-state index contributed by atoms with van der Waals surface area (Å²) in [6.45, 7) is 3.30. The van der Waals surface area contributed by atoms with Gasteiger partial charge in [0.05, 0.1) is 23.6 Å². The minimum Gasteiger partial charge on any atom is -0.497 e. The van der Waals surface area contributed by atoms with Crippen LogP contribution < -0.4 is 20.1 Å². The Hall–Kier alpha value is -2.43. The first-order chi connectivity index (χ1) is 15.2. The maximum atomic E-state index is 12.8. The number of nitrogens with one attached hydrogen (secondary N) is 3. The average Bonchev–Trinajstić information content (AvgIpc) is 2.76. The van der Waals surface area contributed by atoms with Gasteiger partial charge in [0.2, 0.25) is 16.0 Å². The zero-order valence-electron chi connectivity index (χ0n) is 18.3. The van der Waals surface area contributed by atoms with Crippen LogP contribution in [0.25, 0.3) is 0 Å². The summed E-state index contributed by atoms with van der Waals surface area (Å²) in [7, 11) is -1.73. The first kappa shape index (κ1) is 24.2. The number of rotatable bonds is 8. The molecule has 1 aliphatic rings. The molecule has 174 valence electrons. The van der Waals surface area contributed by atoms with E-state index >= 15 is 0 Å². The zero-order chi connectivity index (χ0) is 23.3. The van der Waals surface area contributed by atoms with E-state index in [0.29, 0.717) is 37.1 Å². The van der Waals surface area contributed by atoms with E-state index in [1.165, 1.54) is 6.20 Å². The Morgan fingerprint density at radius 3 is 2.53 bits per heavy atom. The molecule has 0 radical (unpaired) electrons. The van der Waals surface area contributed by atoms with Crippen LogP contribution in [0, 0.1) is 0 Å². The number of amides is 1. The van der Waals surface area contributed by atoms with Gasteiger partial charge in [0, 0.05) is 23.8 Å². The molecular formula is C21H28ClN5O4S. The smallest absolute Gasteiger partial charge is 0.271 e. The van der Waals surface area contributed by atoms with Crippen LogP contribution in [0.5, 0.6) is 5.75 Å². The van der Waals surface area contributed by atoms with E-state index < -0.39 is 21.2 Å². The Kier molecular flexibility index (Phi) is 7.91. The van der Waals surface area contributed by atoms with E-state index in [1.807, 2.05) is 18.2 Å². The number of carbonyl (C=O) groups is 1. The van der Waals surface area contributed by atoms with Gasteiger partial charge in [-0.1, -0.05) is 17.7 Å². The third-order valence-corrected chi connectivity index (χ3v) is 7.48. The molecule has 2 aromatic rings. The molecule has 3 N–H and O–H groups in total. The van der Waals surface area contributed by atoms with Gasteiger partial charge in [-0.3, -0.25) is 4.79 Å². The lowest BCUT2D eigenvalue weighted by Crippen LogP contribution is -2.45. The maximum Gasteiger partial charge on any atom is 0.271 e. The summed E-state index contributed by atoms with van der Waals surface area (Å²) in [5, 5.41) is 5.67. The normalized spacial score (nSPS) is 18.9. The summed E-state index contributed by atoms with van der Waals surface area (Å²) in [6, 6.07) is 7.05. The minimum absolute atomic E-state index is 0.0784. The number of anilines is 2. The second kappa shape index (κ2) is 10.5. The number of carbonyl (C=O) groups excluding carboxylic acids is 1. The van der Waals surface area contributed by atoms with Gasteiger partial charge in [-0.2, -0.15) is 0 Å². The fourth-order valence-corrected chi connectivity index (χ4v) is 4.54. The van der Waals surface area contributed by atoms with Crippen LogP contribution in [-0.4, -0.2) is 48.7 Å². The van der Waals surface area contributed by atoms with Crippen LogP contribution in [0.3, 0.4) is 0 Å². The zero-order valence-corrected chi connectivity index (χ0v) is 19.8. The van der Waals surface area contributed by atoms with E-state index in [9.17, 15) is 13.2 Å². The average molecular weight is 482 g/mol. The van der Waals surface area contributed by atoms with Crippen molar-refractivity contribution < 1.29 is 17.9 Å². The number of methoxy groups -OCH3 is 1. The quantitative estimate of drug-likeness (QED) is 0.528. The molecule has 0 saturated heterocycles. The van der Waals surface area contributed by atoms with E-state index in [0.717, 1.165) is 0 Å². The number of halogens is 1. The monoisotopic (exact) mass is 481 g/mol. The lowest BCUT2D eigenvalue weighted by Gasteiger charge is -2.30. The second-order valence-electron chi connectivity index (χ2n) is 7.98. The molecule has 1 amide bonds. The summed E-state index contributed by atoms with van der Waals surface area (Å²) >= 11 is 6.17. The first-order valence-electron chi connectivity index (χ1n) is 10.4. The van der Waals surface area contributed by atoms with Crippen molar-refractivity contribution >= 4 is 39.2 Å². The van der Waals surface area contributed by atoms with Crippen LogP contribution in [0.2, 0.25) is 5.02 Å². The summed E-state index contributed by atoms with van der Waals surface area (Å²) in [6.07, 6.45) is 4.00. The number of ether oxygens (including phenoxy) is 1. The molecule has 1 aromatic carbocycles. The van der Waals surface area contributed by atoms with Crippen molar-refractivity contribution in [2.24, 2.45) is 0 Å². The van der Waals surface area contributed by atoms with Crippen LogP contribution in [0.4, 0.5) is 11.6 Å². The highest BCUT2D eigenvalue weighted by atomic mass is 35.5. The predicted octanol–water partition coefficient (Wildman–Crippen LogP) is 3.25. The lowest BCUT2D eigenvalue weighted by atomic mass is 9.92. The maximum absolute atomic E-state index is 12.8. The van der Waals surface area contributed by atoms with Crippen LogP contribution >= 0.6 is 11.6 Å². The lowest BCUT2D eigenvalue weighted by molar-refractivity contribution is 0.0920. The molecule has 1 saturated carbocycles. The Labute approximate surface area is 193 Å². The highest BCUT2D eigenvalue weighted by Crippen LogP contribution is 2.23.